The number of esters is 6. The van der Waals surface area contributed by atoms with Crippen molar-refractivity contribution in [3.8, 4) is 40.6 Å². The van der Waals surface area contributed by atoms with E-state index in [-0.39, 0.29) is 29.1 Å². The predicted molar refractivity (Wildman–Crippen MR) is 279 cm³/mol. The monoisotopic (exact) mass is 1060 g/mol. The molecule has 396 valence electrons. The van der Waals surface area contributed by atoms with Crippen molar-refractivity contribution in [2.24, 2.45) is 23.7 Å². The number of carbonyl (C=O) groups is 6. The zero-order chi connectivity index (χ0) is 53.5. The third-order valence-electron chi connectivity index (χ3n) is 12.9. The van der Waals surface area contributed by atoms with E-state index in [1.54, 1.807) is 61.5 Å². The van der Waals surface area contributed by atoms with Gasteiger partial charge in [-0.3, -0.25) is 19.2 Å². The summed E-state index contributed by atoms with van der Waals surface area (Å²) >= 11 is 2.21. The molecule has 0 spiro atoms. The van der Waals surface area contributed by atoms with Crippen molar-refractivity contribution in [3.05, 3.63) is 107 Å². The van der Waals surface area contributed by atoms with Gasteiger partial charge in [-0.15, -0.1) is 0 Å². The lowest BCUT2D eigenvalue weighted by molar-refractivity contribution is -0.145. The minimum absolute atomic E-state index is 0.145. The van der Waals surface area contributed by atoms with Crippen molar-refractivity contribution in [3.63, 3.8) is 0 Å². The van der Waals surface area contributed by atoms with Crippen LogP contribution in [0, 0.1) is 48.5 Å². The number of hydrogen-bond acceptors (Lipinski definition) is 17. The van der Waals surface area contributed by atoms with E-state index < -0.39 is 47.5 Å². The maximum absolute atomic E-state index is 13.8. The van der Waals surface area contributed by atoms with Crippen LogP contribution in [0.4, 0.5) is 0 Å². The van der Waals surface area contributed by atoms with Gasteiger partial charge in [-0.25, -0.2) is 19.7 Å². The van der Waals surface area contributed by atoms with Crippen LogP contribution in [-0.4, -0.2) is 62.2 Å². The zero-order valence-corrected chi connectivity index (χ0v) is 43.8. The van der Waals surface area contributed by atoms with Gasteiger partial charge in [0.25, 0.3) is 5.70 Å². The standard InChI is InChI=1S/C57H62N2O14S2/c1-5-48(60)68-33-13-9-7-11-31-66-42-23-27-44(28-24-42)70-53(62)38-15-19-40(20-16-38)55(64)72-47-35-37(3)50(52-51(47)74-57(75-52)46(36-58)59-4)73-56(65)41-21-17-39(18-22-41)54(63)71-45-29-25-43(26-30-45)67-32-12-8-10-14-34-69-49(61)6-2/h5-6,23-30,35,38-41H,1-2,7-22,31-34H2,3H3/b57-46-. The highest BCUT2D eigenvalue weighted by molar-refractivity contribution is 8.24. The fourth-order valence-electron chi connectivity index (χ4n) is 8.60. The molecule has 0 unspecified atom stereocenters. The highest BCUT2D eigenvalue weighted by atomic mass is 32.2. The second-order valence-corrected chi connectivity index (χ2v) is 20.5. The minimum Gasteiger partial charge on any atom is -0.494 e. The molecule has 16 nitrogen and oxygen atoms in total. The number of carbonyl (C=O) groups excluding carboxylic acids is 6. The molecule has 3 aromatic rings. The van der Waals surface area contributed by atoms with Crippen molar-refractivity contribution < 1.29 is 66.7 Å². The first kappa shape index (κ1) is 57.3. The van der Waals surface area contributed by atoms with Crippen LogP contribution in [-0.2, 0) is 38.2 Å². The van der Waals surface area contributed by atoms with Gasteiger partial charge < -0.3 is 37.9 Å². The van der Waals surface area contributed by atoms with Gasteiger partial charge in [0.05, 0.1) is 76.8 Å². The summed E-state index contributed by atoms with van der Waals surface area (Å²) in [6.07, 6.45) is 12.5. The number of nitrogens with zero attached hydrogens (tertiary/aromatic N) is 2. The number of aryl methyl sites for hydroxylation is 1. The molecule has 0 atom stereocenters. The molecule has 0 bridgehead atoms. The van der Waals surface area contributed by atoms with Crippen LogP contribution in [0.25, 0.3) is 4.85 Å². The molecule has 3 aliphatic rings. The predicted octanol–water partition coefficient (Wildman–Crippen LogP) is 11.8. The fraction of sp³-hybridized carbons (Fsp3) is 0.439. The minimum atomic E-state index is -0.491. The Hall–Kier alpha value is -7.02. The van der Waals surface area contributed by atoms with E-state index in [2.05, 4.69) is 18.0 Å². The van der Waals surface area contributed by atoms with Crippen LogP contribution in [0.5, 0.6) is 34.5 Å². The smallest absolute Gasteiger partial charge is 0.330 e. The van der Waals surface area contributed by atoms with E-state index in [4.69, 9.17) is 44.5 Å². The quantitative estimate of drug-likeness (QED) is 0.0183. The van der Waals surface area contributed by atoms with E-state index >= 15 is 0 Å². The highest BCUT2D eigenvalue weighted by Crippen LogP contribution is 2.60. The molecule has 0 N–H and O–H groups in total. The summed E-state index contributed by atoms with van der Waals surface area (Å²) in [4.78, 5) is 80.3. The number of rotatable bonds is 26. The van der Waals surface area contributed by atoms with Gasteiger partial charge in [-0.2, -0.15) is 0 Å². The summed E-state index contributed by atoms with van der Waals surface area (Å²) in [5.41, 5.74) is 0.367. The molecule has 6 rings (SSSR count). The van der Waals surface area contributed by atoms with Gasteiger partial charge in [-0.05, 0) is 170 Å². The molecule has 1 aliphatic heterocycles. The van der Waals surface area contributed by atoms with Crippen LogP contribution in [0.2, 0.25) is 0 Å². The first-order valence-corrected chi connectivity index (χ1v) is 27.0. The van der Waals surface area contributed by atoms with Crippen LogP contribution in [0.1, 0.15) is 108 Å². The number of hydrogen-bond donors (Lipinski definition) is 0. The SMILES string of the molecule is [C-]#[N+]/C(C#N)=C1/Sc2c(OC(=O)C3CCC(C(=O)Oc4ccc(OCCCCCCOC(=O)C=C)cc4)CC3)cc(C)c(OC(=O)C3CCC(C(=O)Oc4ccc(OCCCCCCOC(=O)C=C)cc4)CC3)c2S1. The van der Waals surface area contributed by atoms with Crippen LogP contribution >= 0.6 is 23.5 Å². The second kappa shape index (κ2) is 29.8. The lowest BCUT2D eigenvalue weighted by atomic mass is 9.82. The average Bonchev–Trinajstić information content (AvgIpc) is 3.87. The molecule has 75 heavy (non-hydrogen) atoms. The fourth-order valence-corrected chi connectivity index (χ4v) is 11.1. The summed E-state index contributed by atoms with van der Waals surface area (Å²) in [6, 6.07) is 17.2. The van der Waals surface area contributed by atoms with Gasteiger partial charge in [0.2, 0.25) is 0 Å². The third-order valence-corrected chi connectivity index (χ3v) is 15.5. The summed E-state index contributed by atoms with van der Waals surface area (Å²) in [6.45, 7) is 17.8. The molecule has 0 saturated heterocycles. The third kappa shape index (κ3) is 17.5. The largest absolute Gasteiger partial charge is 0.494 e. The van der Waals surface area contributed by atoms with Gasteiger partial charge in [-0.1, -0.05) is 36.7 Å². The summed E-state index contributed by atoms with van der Waals surface area (Å²) < 4.78 is 45.4. The Morgan fingerprint density at radius 3 is 1.35 bits per heavy atom. The Balaban J connectivity index is 0.943. The van der Waals surface area contributed by atoms with E-state index in [9.17, 15) is 34.0 Å². The number of fused-ring (bicyclic) bond motifs is 1. The highest BCUT2D eigenvalue weighted by Gasteiger charge is 2.37. The molecule has 3 aromatic carbocycles. The maximum atomic E-state index is 13.8. The van der Waals surface area contributed by atoms with E-state index in [0.29, 0.717) is 120 Å². The van der Waals surface area contributed by atoms with Crippen molar-refractivity contribution in [2.45, 2.75) is 119 Å². The maximum Gasteiger partial charge on any atom is 0.330 e. The summed E-state index contributed by atoms with van der Waals surface area (Å²) in [5, 5.41) is 9.74. The van der Waals surface area contributed by atoms with Crippen molar-refractivity contribution in [1.82, 2.24) is 0 Å². The molecule has 1 heterocycles. The number of unbranched alkanes of at least 4 members (excludes halogenated alkanes) is 6. The van der Waals surface area contributed by atoms with Gasteiger partial charge in [0, 0.05) is 12.2 Å². The second-order valence-electron chi connectivity index (χ2n) is 18.2. The average molecular weight is 1060 g/mol. The van der Waals surface area contributed by atoms with Crippen LogP contribution in [0.3, 0.4) is 0 Å². The van der Waals surface area contributed by atoms with E-state index in [0.717, 1.165) is 87.0 Å². The molecule has 18 heteroatoms. The molecule has 0 aromatic heterocycles. The summed E-state index contributed by atoms with van der Waals surface area (Å²) in [7, 11) is 0. The van der Waals surface area contributed by atoms with Crippen LogP contribution in [0.15, 0.2) is 99.6 Å². The van der Waals surface area contributed by atoms with Crippen molar-refractivity contribution in [2.75, 3.05) is 26.4 Å². The molecule has 0 amide bonds. The Kier molecular flexibility index (Phi) is 22.7. The van der Waals surface area contributed by atoms with Gasteiger partial charge in [0.15, 0.2) is 0 Å². The van der Waals surface area contributed by atoms with Crippen molar-refractivity contribution in [1.29, 1.82) is 5.26 Å². The molecule has 2 aliphatic carbocycles. The lowest BCUT2D eigenvalue weighted by Crippen LogP contribution is -2.31. The topological polar surface area (TPSA) is 204 Å². The number of allylic oxidation sites excluding steroid dienone is 1. The molecular formula is C57H62N2O14S2. The van der Waals surface area contributed by atoms with Crippen molar-refractivity contribution >= 4 is 59.3 Å². The lowest BCUT2D eigenvalue weighted by Gasteiger charge is -2.27. The number of ether oxygens (including phenoxy) is 8. The number of nitriles is 1. The first-order chi connectivity index (χ1) is 36.4. The Bertz CT molecular complexity index is 2620. The van der Waals surface area contributed by atoms with E-state index in [1.165, 1.54) is 0 Å². The van der Waals surface area contributed by atoms with Gasteiger partial charge in [0.1, 0.15) is 34.5 Å². The summed E-state index contributed by atoms with van der Waals surface area (Å²) in [5.74, 6) is -1.79. The normalized spacial score (nSPS) is 18.3. The molecular weight excluding hydrogens is 1000 g/mol. The molecule has 0 radical (unpaired) electrons. The Morgan fingerprint density at radius 1 is 0.573 bits per heavy atom. The van der Waals surface area contributed by atoms with Crippen LogP contribution < -0.4 is 28.4 Å². The molecule has 2 saturated carbocycles. The van der Waals surface area contributed by atoms with E-state index in [1.807, 2.05) is 6.07 Å². The van der Waals surface area contributed by atoms with Gasteiger partial charge >= 0.3 is 35.8 Å². The Labute approximate surface area is 446 Å². The Morgan fingerprint density at radius 2 is 0.947 bits per heavy atom. The number of benzene rings is 3. The first-order valence-electron chi connectivity index (χ1n) is 25.4. The zero-order valence-electron chi connectivity index (χ0n) is 42.1. The number of thioether (sulfide) groups is 2. The molecule has 2 fully saturated rings.